The molecule has 0 fully saturated rings. The van der Waals surface area contributed by atoms with Gasteiger partial charge in [-0.25, -0.2) is 4.79 Å². The van der Waals surface area contributed by atoms with E-state index < -0.39 is 6.16 Å². The van der Waals surface area contributed by atoms with Crippen molar-refractivity contribution in [1.29, 1.82) is 0 Å². The maximum absolute atomic E-state index is 9.12. The second-order valence-electron chi connectivity index (χ2n) is 0.384. The molecule has 0 aliphatic heterocycles. The molecule has 4 nitrogen and oxygen atoms in total. The van der Waals surface area contributed by atoms with Crippen LogP contribution in [0.15, 0.2) is 0 Å². The van der Waals surface area contributed by atoms with E-state index in [0.29, 0.717) is 0 Å². The fraction of sp³-hybridized carbons (Fsp3) is 0. The normalized spacial score (nSPS) is 5.57. The summed E-state index contributed by atoms with van der Waals surface area (Å²) in [7, 11) is 1.59. The monoisotopic (exact) mass is 249 g/mol. The first kappa shape index (κ1) is 10.6. The van der Waals surface area contributed by atoms with Gasteiger partial charge in [-0.1, -0.05) is 0 Å². The predicted molar refractivity (Wildman–Crippen MR) is 19.5 cm³/mol. The van der Waals surface area contributed by atoms with Gasteiger partial charge in [-0.15, -0.1) is 0 Å². The number of rotatable bonds is 0. The van der Waals surface area contributed by atoms with Gasteiger partial charge in [0.05, 0.1) is 9.47 Å². The van der Waals surface area contributed by atoms with Crippen LogP contribution < -0.4 is 0 Å². The number of hydrogen-bond donors (Lipinski definition) is 1. The number of carboxylic acid groups (broad SMARTS) is 1. The van der Waals surface area contributed by atoms with Crippen molar-refractivity contribution in [2.75, 3.05) is 0 Å². The molecule has 0 aromatic heterocycles. The second-order valence-corrected chi connectivity index (χ2v) is 0.619. The molecule has 0 rings (SSSR count). The fourth-order valence-corrected chi connectivity index (χ4v) is 0. The first-order chi connectivity index (χ1) is 3.27. The Morgan fingerprint density at radius 2 is 1.86 bits per heavy atom. The summed E-state index contributed by atoms with van der Waals surface area (Å²) in [6, 6.07) is 0. The zero-order valence-electron chi connectivity index (χ0n) is 3.33. The summed E-state index contributed by atoms with van der Waals surface area (Å²) in [6.45, 7) is 0. The zero-order valence-corrected chi connectivity index (χ0v) is 8.11. The van der Waals surface area contributed by atoms with Crippen molar-refractivity contribution in [1.82, 2.24) is 0 Å². The topological polar surface area (TPSA) is 63.6 Å². The van der Waals surface area contributed by atoms with Gasteiger partial charge in [0, 0.05) is 0 Å². The molecule has 6 heteroatoms. The summed E-state index contributed by atoms with van der Waals surface area (Å²) in [5.74, 6) is 0. The SMILES string of the molecule is O=C(O)OP.[O]=[La]. The van der Waals surface area contributed by atoms with Crippen LogP contribution in [0.5, 0.6) is 0 Å². The third kappa shape index (κ3) is 20.3. The van der Waals surface area contributed by atoms with Crippen LogP contribution in [0.25, 0.3) is 0 Å². The Morgan fingerprint density at radius 1 is 1.71 bits per heavy atom. The van der Waals surface area contributed by atoms with Gasteiger partial charge in [-0.3, -0.25) is 0 Å². The molecule has 0 aliphatic rings. The molecule has 0 aromatic carbocycles. The molecule has 0 aromatic rings. The molecule has 0 heterocycles. The number of carbonyl (C=O) groups is 1. The minimum absolute atomic E-state index is 0.0833. The van der Waals surface area contributed by atoms with Crippen LogP contribution in [-0.2, 0) is 6.22 Å². The van der Waals surface area contributed by atoms with Gasteiger partial charge >= 0.3 is 41.7 Å². The van der Waals surface area contributed by atoms with E-state index in [0.717, 1.165) is 0 Å². The van der Waals surface area contributed by atoms with Gasteiger partial charge in [0.2, 0.25) is 0 Å². The molecule has 1 unspecified atom stereocenters. The van der Waals surface area contributed by atoms with Crippen LogP contribution in [-0.4, -0.2) is 11.3 Å². The summed E-state index contributed by atoms with van der Waals surface area (Å²) in [4.78, 5) is 9.12. The van der Waals surface area contributed by atoms with E-state index in [1.54, 1.807) is 9.47 Å². The Hall–Kier alpha value is 0.695. The second kappa shape index (κ2) is 9.85. The first-order valence-electron chi connectivity index (χ1n) is 1.10. The van der Waals surface area contributed by atoms with Crippen molar-refractivity contribution in [3.05, 3.63) is 0 Å². The van der Waals surface area contributed by atoms with E-state index in [1.165, 1.54) is 0 Å². The predicted octanol–water partition coefficient (Wildman–Crippen LogP) is 0.352. The van der Waals surface area contributed by atoms with Gasteiger partial charge in [0.1, 0.15) is 0 Å². The van der Waals surface area contributed by atoms with Crippen LogP contribution in [0, 0.1) is 33.8 Å². The summed E-state index contributed by atoms with van der Waals surface area (Å²) in [5, 5.41) is 7.48. The van der Waals surface area contributed by atoms with E-state index in [4.69, 9.17) is 11.6 Å². The molecule has 1 N–H and O–H groups in total. The third-order valence-corrected chi connectivity index (χ3v) is 0.302. The molecule has 0 saturated carbocycles. The Kier molecular flexibility index (Phi) is 15.0. The van der Waals surface area contributed by atoms with E-state index >= 15 is 0 Å². The van der Waals surface area contributed by atoms with Gasteiger partial charge in [0.25, 0.3) is 0 Å². The molecule has 0 spiro atoms. The molecular weight excluding hydrogens is 246 g/mol. The average molecular weight is 249 g/mol. The molecular formula is CH3LaO4P. The van der Waals surface area contributed by atoms with Crippen LogP contribution in [0.1, 0.15) is 0 Å². The van der Waals surface area contributed by atoms with Crippen LogP contribution >= 0.6 is 9.47 Å². The van der Waals surface area contributed by atoms with Crippen molar-refractivity contribution < 1.29 is 49.9 Å². The van der Waals surface area contributed by atoms with Crippen LogP contribution in [0.2, 0.25) is 0 Å². The van der Waals surface area contributed by atoms with Crippen LogP contribution in [0.4, 0.5) is 4.79 Å². The van der Waals surface area contributed by atoms with E-state index in [9.17, 15) is 0 Å². The maximum atomic E-state index is 9.12. The molecule has 0 bridgehead atoms. The molecule has 0 aliphatic carbocycles. The van der Waals surface area contributed by atoms with Crippen molar-refractivity contribution in [2.24, 2.45) is 0 Å². The first-order valence-corrected chi connectivity index (χ1v) is 3.05. The molecule has 1 atom stereocenters. The Labute approximate surface area is 65.2 Å². The standard InChI is InChI=1S/CH3O3P.La.O/c2-1(3)4-5;;/h5H2,(H,2,3);;. The Balaban J connectivity index is 0. The Morgan fingerprint density at radius 3 is 1.86 bits per heavy atom. The van der Waals surface area contributed by atoms with Crippen molar-refractivity contribution >= 4 is 15.6 Å². The van der Waals surface area contributed by atoms with Gasteiger partial charge in [-0.2, -0.15) is 0 Å². The van der Waals surface area contributed by atoms with Crippen molar-refractivity contribution in [2.45, 2.75) is 0 Å². The summed E-state index contributed by atoms with van der Waals surface area (Å²) in [5.41, 5.74) is 0. The molecule has 39 valence electrons. The van der Waals surface area contributed by atoms with Crippen molar-refractivity contribution in [3.63, 3.8) is 0 Å². The minimum atomic E-state index is -1.28. The van der Waals surface area contributed by atoms with E-state index in [2.05, 4.69) is 4.52 Å². The van der Waals surface area contributed by atoms with E-state index in [-0.39, 0.29) is 33.8 Å². The van der Waals surface area contributed by atoms with Crippen molar-refractivity contribution in [3.8, 4) is 0 Å². The van der Waals surface area contributed by atoms with Gasteiger partial charge in [0.15, 0.2) is 0 Å². The third-order valence-electron chi connectivity index (χ3n) is 0.101. The van der Waals surface area contributed by atoms with E-state index in [1.807, 2.05) is 0 Å². The zero-order chi connectivity index (χ0) is 6.28. The summed E-state index contributed by atoms with van der Waals surface area (Å²) >= 11 is -0.0833. The summed E-state index contributed by atoms with van der Waals surface area (Å²) < 4.78 is 12.0. The summed E-state index contributed by atoms with van der Waals surface area (Å²) in [6.07, 6.45) is -1.28. The molecule has 0 amide bonds. The van der Waals surface area contributed by atoms with Gasteiger partial charge in [-0.05, 0) is 0 Å². The Bertz CT molecular complexity index is 55.7. The quantitative estimate of drug-likeness (QED) is 0.629. The number of hydrogen-bond acceptors (Lipinski definition) is 3. The fourth-order valence-electron chi connectivity index (χ4n) is 0. The van der Waals surface area contributed by atoms with Gasteiger partial charge < -0.3 is 9.63 Å². The van der Waals surface area contributed by atoms with Crippen LogP contribution in [0.3, 0.4) is 0 Å². The molecule has 0 radical (unpaired) electrons. The molecule has 7 heavy (non-hydrogen) atoms. The average Bonchev–Trinajstić information content (AvgIpc) is 1.73. The molecule has 0 saturated heterocycles.